The van der Waals surface area contributed by atoms with E-state index < -0.39 is 0 Å². The topological polar surface area (TPSA) is 53.1 Å². The molecule has 0 spiro atoms. The van der Waals surface area contributed by atoms with Crippen LogP contribution >= 0.6 is 11.5 Å². The van der Waals surface area contributed by atoms with Crippen LogP contribution in [0.4, 0.5) is 0 Å². The summed E-state index contributed by atoms with van der Waals surface area (Å²) in [5.41, 5.74) is 0.0144. The van der Waals surface area contributed by atoms with Crippen molar-refractivity contribution in [2.24, 2.45) is 0 Å². The smallest absolute Gasteiger partial charge is 0.265 e. The Morgan fingerprint density at radius 2 is 1.59 bits per heavy atom. The van der Waals surface area contributed by atoms with E-state index in [0.29, 0.717) is 5.75 Å². The van der Waals surface area contributed by atoms with E-state index in [2.05, 4.69) is 4.37 Å². The second-order valence-corrected chi connectivity index (χ2v) is 4.21. The number of fused-ring (bicyclic) bond motifs is 1. The summed E-state index contributed by atoms with van der Waals surface area (Å²) in [5, 5.41) is 9.42. The Balaban J connectivity index is 0.000000136. The molecule has 1 heterocycles. The highest BCUT2D eigenvalue weighted by Gasteiger charge is 1.96. The van der Waals surface area contributed by atoms with Gasteiger partial charge in [-0.05, 0) is 24.3 Å². The molecule has 4 heteroatoms. The van der Waals surface area contributed by atoms with Gasteiger partial charge in [-0.3, -0.25) is 9.17 Å². The van der Waals surface area contributed by atoms with Crippen molar-refractivity contribution in [2.45, 2.75) is 0 Å². The Bertz CT molecular complexity index is 643. The van der Waals surface area contributed by atoms with Crippen molar-refractivity contribution < 1.29 is 5.11 Å². The minimum atomic E-state index is 0.0144. The third kappa shape index (κ3) is 2.95. The molecule has 86 valence electrons. The van der Waals surface area contributed by atoms with E-state index >= 15 is 0 Å². The first-order valence-electron chi connectivity index (χ1n) is 5.07. The number of phenolic OH excluding ortho intramolecular Hbond substituents is 1. The first-order valence-corrected chi connectivity index (χ1v) is 5.89. The van der Waals surface area contributed by atoms with Crippen molar-refractivity contribution in [2.75, 3.05) is 0 Å². The molecule has 0 saturated heterocycles. The van der Waals surface area contributed by atoms with Crippen LogP contribution in [-0.2, 0) is 0 Å². The zero-order chi connectivity index (χ0) is 12.1. The highest BCUT2D eigenvalue weighted by Crippen LogP contribution is 2.11. The molecule has 0 atom stereocenters. The van der Waals surface area contributed by atoms with E-state index in [1.165, 1.54) is 11.5 Å². The molecule has 2 aromatic carbocycles. The quantitative estimate of drug-likeness (QED) is 0.639. The van der Waals surface area contributed by atoms with Crippen LogP contribution in [0.3, 0.4) is 0 Å². The van der Waals surface area contributed by atoms with Gasteiger partial charge in [-0.1, -0.05) is 41.9 Å². The molecule has 3 rings (SSSR count). The summed E-state index contributed by atoms with van der Waals surface area (Å²) >= 11 is 1.38. The number of nitrogens with one attached hydrogen (secondary N) is 1. The molecule has 0 bridgehead atoms. The summed E-state index contributed by atoms with van der Waals surface area (Å²) in [6, 6.07) is 16.3. The minimum Gasteiger partial charge on any atom is -0.508 e. The molecule has 2 N–H and O–H groups in total. The average Bonchev–Trinajstić information content (AvgIpc) is 2.74. The van der Waals surface area contributed by atoms with Crippen LogP contribution < -0.4 is 5.56 Å². The van der Waals surface area contributed by atoms with Crippen LogP contribution in [0.25, 0.3) is 10.1 Å². The van der Waals surface area contributed by atoms with Crippen molar-refractivity contribution >= 4 is 21.6 Å². The summed E-state index contributed by atoms with van der Waals surface area (Å²) in [6.45, 7) is 0. The number of hydrogen-bond donors (Lipinski definition) is 2. The van der Waals surface area contributed by atoms with Gasteiger partial charge < -0.3 is 5.11 Å². The summed E-state index contributed by atoms with van der Waals surface area (Å²) < 4.78 is 3.68. The number of H-pyrrole nitrogens is 1. The molecule has 3 nitrogen and oxygen atoms in total. The van der Waals surface area contributed by atoms with Gasteiger partial charge in [-0.2, -0.15) is 0 Å². The Hall–Kier alpha value is -2.07. The molecule has 0 saturated carbocycles. The van der Waals surface area contributed by atoms with Gasteiger partial charge >= 0.3 is 0 Å². The lowest BCUT2D eigenvalue weighted by Gasteiger charge is -1.82. The van der Waals surface area contributed by atoms with E-state index in [4.69, 9.17) is 5.11 Å². The zero-order valence-corrected chi connectivity index (χ0v) is 9.78. The summed E-state index contributed by atoms with van der Waals surface area (Å²) in [4.78, 5) is 10.9. The Morgan fingerprint density at radius 1 is 0.941 bits per heavy atom. The normalized spacial score (nSPS) is 9.65. The van der Waals surface area contributed by atoms with Gasteiger partial charge in [-0.15, -0.1) is 0 Å². The van der Waals surface area contributed by atoms with Crippen molar-refractivity contribution in [1.82, 2.24) is 4.37 Å². The lowest BCUT2D eigenvalue weighted by molar-refractivity contribution is 0.475. The number of hydrogen-bond acceptors (Lipinski definition) is 3. The SMILES string of the molecule is O=c1[nH]sc2ccccc12.Oc1ccccc1. The number of aromatic amines is 1. The molecule has 0 amide bonds. The first-order chi connectivity index (χ1) is 8.27. The van der Waals surface area contributed by atoms with Gasteiger partial charge in [0.25, 0.3) is 5.56 Å². The predicted molar refractivity (Wildman–Crippen MR) is 70.6 cm³/mol. The van der Waals surface area contributed by atoms with E-state index in [1.54, 1.807) is 24.3 Å². The lowest BCUT2D eigenvalue weighted by Crippen LogP contribution is -1.94. The first kappa shape index (κ1) is 11.4. The number of aromatic hydroxyl groups is 1. The van der Waals surface area contributed by atoms with E-state index in [-0.39, 0.29) is 5.56 Å². The van der Waals surface area contributed by atoms with Gasteiger partial charge in [0.2, 0.25) is 0 Å². The molecule has 17 heavy (non-hydrogen) atoms. The fourth-order valence-corrected chi connectivity index (χ4v) is 2.06. The van der Waals surface area contributed by atoms with Crippen LogP contribution in [0, 0.1) is 0 Å². The van der Waals surface area contributed by atoms with Gasteiger partial charge in [0.15, 0.2) is 0 Å². The molecule has 3 aromatic rings. The number of benzene rings is 2. The van der Waals surface area contributed by atoms with E-state index in [1.807, 2.05) is 30.3 Å². The molecular formula is C13H11NO2S. The third-order valence-corrected chi connectivity index (χ3v) is 3.00. The van der Waals surface area contributed by atoms with Crippen molar-refractivity contribution in [3.63, 3.8) is 0 Å². The van der Waals surface area contributed by atoms with Crippen molar-refractivity contribution in [1.29, 1.82) is 0 Å². The zero-order valence-electron chi connectivity index (χ0n) is 8.96. The number of rotatable bonds is 0. The van der Waals surface area contributed by atoms with Gasteiger partial charge in [-0.25, -0.2) is 0 Å². The summed E-state index contributed by atoms with van der Waals surface area (Å²) in [5.74, 6) is 0.322. The second kappa shape index (κ2) is 5.32. The van der Waals surface area contributed by atoms with Crippen LogP contribution in [0.2, 0.25) is 0 Å². The Morgan fingerprint density at radius 3 is 2.18 bits per heavy atom. The molecular weight excluding hydrogens is 234 g/mol. The highest BCUT2D eigenvalue weighted by molar-refractivity contribution is 7.13. The van der Waals surface area contributed by atoms with Crippen LogP contribution in [0.5, 0.6) is 5.75 Å². The standard InChI is InChI=1S/C7H5NOS.C6H6O/c9-7-5-3-1-2-4-6(5)10-8-7;7-6-4-2-1-3-5-6/h1-4H,(H,8,9);1-5,7H. The fourth-order valence-electron chi connectivity index (χ4n) is 1.33. The van der Waals surface area contributed by atoms with Crippen molar-refractivity contribution in [3.05, 3.63) is 65.0 Å². The van der Waals surface area contributed by atoms with Crippen molar-refractivity contribution in [3.8, 4) is 5.75 Å². The maximum atomic E-state index is 10.9. The van der Waals surface area contributed by atoms with Crippen LogP contribution in [0.1, 0.15) is 0 Å². The second-order valence-electron chi connectivity index (χ2n) is 3.36. The molecule has 1 aromatic heterocycles. The Labute approximate surface area is 102 Å². The van der Waals surface area contributed by atoms with E-state index in [0.717, 1.165) is 10.1 Å². The molecule has 0 aliphatic heterocycles. The predicted octanol–water partition coefficient (Wildman–Crippen LogP) is 2.98. The molecule has 0 radical (unpaired) electrons. The number of aromatic nitrogens is 1. The maximum Gasteiger partial charge on any atom is 0.265 e. The summed E-state index contributed by atoms with van der Waals surface area (Å²) in [6.07, 6.45) is 0. The van der Waals surface area contributed by atoms with Gasteiger partial charge in [0.1, 0.15) is 5.75 Å². The number of para-hydroxylation sites is 1. The van der Waals surface area contributed by atoms with Crippen LogP contribution in [0.15, 0.2) is 59.4 Å². The number of phenols is 1. The van der Waals surface area contributed by atoms with E-state index in [9.17, 15) is 4.79 Å². The maximum absolute atomic E-state index is 10.9. The molecule has 0 unspecified atom stereocenters. The monoisotopic (exact) mass is 245 g/mol. The van der Waals surface area contributed by atoms with Gasteiger partial charge in [0.05, 0.1) is 10.1 Å². The third-order valence-electron chi connectivity index (χ3n) is 2.14. The average molecular weight is 245 g/mol. The highest BCUT2D eigenvalue weighted by atomic mass is 32.1. The lowest BCUT2D eigenvalue weighted by atomic mass is 10.3. The van der Waals surface area contributed by atoms with Gasteiger partial charge in [0, 0.05) is 0 Å². The Kier molecular flexibility index (Phi) is 3.57. The summed E-state index contributed by atoms with van der Waals surface area (Å²) in [7, 11) is 0. The molecule has 0 aliphatic carbocycles. The largest absolute Gasteiger partial charge is 0.508 e. The molecule has 0 fully saturated rings. The minimum absolute atomic E-state index is 0.0144. The fraction of sp³-hybridized carbons (Fsp3) is 0. The van der Waals surface area contributed by atoms with Crippen LogP contribution in [-0.4, -0.2) is 9.48 Å². The molecule has 0 aliphatic rings.